The lowest BCUT2D eigenvalue weighted by atomic mass is 10.1. The van der Waals surface area contributed by atoms with E-state index in [0.29, 0.717) is 16.9 Å². The maximum atomic E-state index is 11.4. The molecule has 7 nitrogen and oxygen atoms in total. The van der Waals surface area contributed by atoms with Crippen LogP contribution in [0.3, 0.4) is 0 Å². The Bertz CT molecular complexity index is 783. The Hall–Kier alpha value is -2.96. The van der Waals surface area contributed by atoms with Crippen molar-refractivity contribution in [2.45, 2.75) is 26.2 Å². The van der Waals surface area contributed by atoms with Gasteiger partial charge in [0.2, 0.25) is 0 Å². The van der Waals surface area contributed by atoms with Gasteiger partial charge < -0.3 is 10.2 Å². The fourth-order valence-corrected chi connectivity index (χ4v) is 2.93. The summed E-state index contributed by atoms with van der Waals surface area (Å²) in [5.41, 5.74) is 1.19. The van der Waals surface area contributed by atoms with Gasteiger partial charge in [0.1, 0.15) is 11.5 Å². The lowest BCUT2D eigenvalue weighted by molar-refractivity contribution is -0.383. The van der Waals surface area contributed by atoms with Crippen LogP contribution in [0, 0.1) is 10.1 Å². The van der Waals surface area contributed by atoms with Gasteiger partial charge in [-0.2, -0.15) is 0 Å². The molecule has 0 bridgehead atoms. The summed E-state index contributed by atoms with van der Waals surface area (Å²) in [6, 6.07) is 8.20. The zero-order valence-electron chi connectivity index (χ0n) is 14.1. The average Bonchev–Trinajstić information content (AvgIpc) is 2.63. The van der Waals surface area contributed by atoms with Gasteiger partial charge >= 0.3 is 0 Å². The van der Waals surface area contributed by atoms with Gasteiger partial charge in [-0.1, -0.05) is 0 Å². The van der Waals surface area contributed by atoms with E-state index in [1.54, 1.807) is 18.3 Å². The SMILES string of the molecule is CC(=O)c1ccc(Nc2ccc(N3CCCCC3)nc2)c([N+](=O)[O-])c1. The van der Waals surface area contributed by atoms with Gasteiger partial charge in [0.05, 0.1) is 16.8 Å². The first-order valence-corrected chi connectivity index (χ1v) is 8.32. The molecule has 1 aromatic carbocycles. The number of nitro groups is 1. The second kappa shape index (κ2) is 7.29. The monoisotopic (exact) mass is 340 g/mol. The number of aromatic nitrogens is 1. The molecule has 2 aromatic rings. The van der Waals surface area contributed by atoms with E-state index in [9.17, 15) is 14.9 Å². The highest BCUT2D eigenvalue weighted by molar-refractivity contribution is 5.95. The molecule has 130 valence electrons. The van der Waals surface area contributed by atoms with E-state index in [4.69, 9.17) is 0 Å². The van der Waals surface area contributed by atoms with Crippen LogP contribution in [0.1, 0.15) is 36.5 Å². The number of pyridine rings is 1. The van der Waals surface area contributed by atoms with Crippen LogP contribution in [-0.2, 0) is 0 Å². The number of nitrogens with one attached hydrogen (secondary N) is 1. The molecule has 0 radical (unpaired) electrons. The number of anilines is 3. The molecule has 0 saturated carbocycles. The second-order valence-electron chi connectivity index (χ2n) is 6.12. The van der Waals surface area contributed by atoms with Crippen molar-refractivity contribution in [3.8, 4) is 0 Å². The standard InChI is InChI=1S/C18H20N4O3/c1-13(23)14-5-7-16(17(11-14)22(24)25)20-15-6-8-18(19-12-15)21-9-3-2-4-10-21/h5-8,11-12,20H,2-4,9-10H2,1H3. The van der Waals surface area contributed by atoms with Gasteiger partial charge in [0.25, 0.3) is 5.69 Å². The smallest absolute Gasteiger partial charge is 0.293 e. The molecule has 25 heavy (non-hydrogen) atoms. The molecule has 0 spiro atoms. The van der Waals surface area contributed by atoms with Gasteiger partial charge in [-0.05, 0) is 50.5 Å². The first-order valence-electron chi connectivity index (χ1n) is 8.32. The number of nitro benzene ring substituents is 1. The summed E-state index contributed by atoms with van der Waals surface area (Å²) in [7, 11) is 0. The van der Waals surface area contributed by atoms with Crippen LogP contribution in [-0.4, -0.2) is 28.8 Å². The minimum Gasteiger partial charge on any atom is -0.357 e. The molecule has 0 aliphatic carbocycles. The summed E-state index contributed by atoms with van der Waals surface area (Å²) in [5.74, 6) is 0.717. The number of hydrogen-bond acceptors (Lipinski definition) is 6. The molecule has 1 saturated heterocycles. The molecular weight excluding hydrogens is 320 g/mol. The number of benzene rings is 1. The number of carbonyl (C=O) groups excluding carboxylic acids is 1. The van der Waals surface area contributed by atoms with Crippen molar-refractivity contribution in [3.63, 3.8) is 0 Å². The van der Waals surface area contributed by atoms with Gasteiger partial charge in [-0.3, -0.25) is 14.9 Å². The van der Waals surface area contributed by atoms with Crippen LogP contribution in [0.25, 0.3) is 0 Å². The Labute approximate surface area is 145 Å². The van der Waals surface area contributed by atoms with E-state index in [0.717, 1.165) is 18.9 Å². The Morgan fingerprint density at radius 2 is 1.96 bits per heavy atom. The molecule has 0 amide bonds. The predicted molar refractivity (Wildman–Crippen MR) is 96.7 cm³/mol. The van der Waals surface area contributed by atoms with Crippen molar-refractivity contribution in [2.24, 2.45) is 0 Å². The molecule has 2 heterocycles. The van der Waals surface area contributed by atoms with Crippen LogP contribution in [0.5, 0.6) is 0 Å². The van der Waals surface area contributed by atoms with Gasteiger partial charge in [-0.15, -0.1) is 0 Å². The number of Topliss-reactive ketones (excluding diaryl/α,β-unsaturated/α-hetero) is 1. The predicted octanol–water partition coefficient (Wildman–Crippen LogP) is 3.93. The highest BCUT2D eigenvalue weighted by Gasteiger charge is 2.17. The minimum absolute atomic E-state index is 0.132. The van der Waals surface area contributed by atoms with Crippen molar-refractivity contribution in [1.82, 2.24) is 4.98 Å². The van der Waals surface area contributed by atoms with Gasteiger partial charge in [0.15, 0.2) is 5.78 Å². The zero-order valence-corrected chi connectivity index (χ0v) is 14.1. The van der Waals surface area contributed by atoms with Crippen LogP contribution < -0.4 is 10.2 Å². The summed E-state index contributed by atoms with van der Waals surface area (Å²) < 4.78 is 0. The largest absolute Gasteiger partial charge is 0.357 e. The molecule has 1 N–H and O–H groups in total. The van der Waals surface area contributed by atoms with E-state index in [1.807, 2.05) is 12.1 Å². The van der Waals surface area contributed by atoms with Crippen LogP contribution in [0.15, 0.2) is 36.5 Å². The minimum atomic E-state index is -0.496. The van der Waals surface area contributed by atoms with E-state index in [2.05, 4.69) is 15.2 Å². The first-order chi connectivity index (χ1) is 12.0. The zero-order chi connectivity index (χ0) is 17.8. The quantitative estimate of drug-likeness (QED) is 0.504. The molecule has 0 unspecified atom stereocenters. The maximum Gasteiger partial charge on any atom is 0.293 e. The van der Waals surface area contributed by atoms with E-state index >= 15 is 0 Å². The lowest BCUT2D eigenvalue weighted by Gasteiger charge is -2.27. The summed E-state index contributed by atoms with van der Waals surface area (Å²) in [5, 5.41) is 14.3. The van der Waals surface area contributed by atoms with Crippen LogP contribution in [0.4, 0.5) is 22.9 Å². The van der Waals surface area contributed by atoms with Crippen molar-refractivity contribution < 1.29 is 9.72 Å². The number of hydrogen-bond donors (Lipinski definition) is 1. The van der Waals surface area contributed by atoms with Crippen molar-refractivity contribution in [3.05, 3.63) is 52.2 Å². The summed E-state index contributed by atoms with van der Waals surface area (Å²) in [4.78, 5) is 28.9. The maximum absolute atomic E-state index is 11.4. The normalized spacial score (nSPS) is 14.2. The molecule has 1 aliphatic rings. The third kappa shape index (κ3) is 3.93. The molecule has 1 aromatic heterocycles. The van der Waals surface area contributed by atoms with E-state index in [1.165, 1.54) is 32.3 Å². The second-order valence-corrected chi connectivity index (χ2v) is 6.12. The highest BCUT2D eigenvalue weighted by Crippen LogP contribution is 2.29. The third-order valence-electron chi connectivity index (χ3n) is 4.31. The van der Waals surface area contributed by atoms with E-state index in [-0.39, 0.29) is 11.5 Å². The number of rotatable bonds is 5. The van der Waals surface area contributed by atoms with Crippen molar-refractivity contribution in [1.29, 1.82) is 0 Å². The Kier molecular flexibility index (Phi) is 4.92. The fraction of sp³-hybridized carbons (Fsp3) is 0.333. The third-order valence-corrected chi connectivity index (χ3v) is 4.31. The molecule has 1 aliphatic heterocycles. The Morgan fingerprint density at radius 3 is 2.56 bits per heavy atom. The summed E-state index contributed by atoms with van der Waals surface area (Å²) in [6.07, 6.45) is 5.29. The number of nitrogens with zero attached hydrogens (tertiary/aromatic N) is 3. The lowest BCUT2D eigenvalue weighted by Crippen LogP contribution is -2.29. The molecule has 7 heteroatoms. The average molecular weight is 340 g/mol. The number of ketones is 1. The van der Waals surface area contributed by atoms with Crippen LogP contribution >= 0.6 is 0 Å². The van der Waals surface area contributed by atoms with E-state index < -0.39 is 4.92 Å². The Balaban J connectivity index is 1.79. The van der Waals surface area contributed by atoms with Crippen molar-refractivity contribution in [2.75, 3.05) is 23.3 Å². The number of carbonyl (C=O) groups is 1. The molecule has 0 atom stereocenters. The topological polar surface area (TPSA) is 88.4 Å². The Morgan fingerprint density at radius 1 is 1.20 bits per heavy atom. The summed E-state index contributed by atoms with van der Waals surface area (Å²) in [6.45, 7) is 3.41. The highest BCUT2D eigenvalue weighted by atomic mass is 16.6. The molecular formula is C18H20N4O3. The van der Waals surface area contributed by atoms with Crippen molar-refractivity contribution >= 4 is 28.7 Å². The first kappa shape index (κ1) is 16.9. The fourth-order valence-electron chi connectivity index (χ4n) is 2.93. The molecule has 1 fully saturated rings. The van der Waals surface area contributed by atoms with Crippen LogP contribution in [0.2, 0.25) is 0 Å². The number of piperidine rings is 1. The summed E-state index contributed by atoms with van der Waals surface area (Å²) >= 11 is 0. The van der Waals surface area contributed by atoms with Gasteiger partial charge in [0, 0.05) is 24.7 Å². The molecule has 3 rings (SSSR count). The van der Waals surface area contributed by atoms with Gasteiger partial charge in [-0.25, -0.2) is 4.98 Å².